The van der Waals surface area contributed by atoms with Gasteiger partial charge in [0.2, 0.25) is 6.08 Å². The summed E-state index contributed by atoms with van der Waals surface area (Å²) in [7, 11) is 0. The standard InChI is InChI=1S/C18H21NO4/c1-16(2)18(15(21)19-12-20)9-14(17(3,11-18)23-16)22-10-13-7-5-4-6-8-13/h4-8,14H,9-11H2,1-3H3. The normalized spacial score (nSPS) is 34.1. The Kier molecular flexibility index (Phi) is 3.75. The maximum atomic E-state index is 12.4. The summed E-state index contributed by atoms with van der Waals surface area (Å²) in [5.74, 6) is -0.452. The van der Waals surface area contributed by atoms with Gasteiger partial charge in [0.25, 0.3) is 5.91 Å². The number of aliphatic imine (C=N–C) groups is 1. The van der Waals surface area contributed by atoms with Gasteiger partial charge in [0.1, 0.15) is 0 Å². The lowest BCUT2D eigenvalue weighted by Crippen LogP contribution is -2.52. The average Bonchev–Trinajstić information content (AvgIpc) is 2.91. The van der Waals surface area contributed by atoms with Crippen molar-refractivity contribution < 1.29 is 19.1 Å². The van der Waals surface area contributed by atoms with Crippen LogP contribution >= 0.6 is 0 Å². The molecule has 0 spiro atoms. The molecular weight excluding hydrogens is 294 g/mol. The zero-order valence-corrected chi connectivity index (χ0v) is 13.7. The predicted octanol–water partition coefficient (Wildman–Crippen LogP) is 2.78. The molecule has 0 aromatic heterocycles. The number of hydrogen-bond donors (Lipinski definition) is 0. The highest BCUT2D eigenvalue weighted by atomic mass is 16.6. The van der Waals surface area contributed by atoms with Crippen LogP contribution in [-0.2, 0) is 25.7 Å². The SMILES string of the molecule is CC12CC(C(=O)N=C=O)(CC1OCc1ccccc1)C(C)(C)O2. The fourth-order valence-electron chi connectivity index (χ4n) is 4.13. The number of hydrogen-bond acceptors (Lipinski definition) is 4. The van der Waals surface area contributed by atoms with Crippen LogP contribution in [0.25, 0.3) is 0 Å². The van der Waals surface area contributed by atoms with Gasteiger partial charge >= 0.3 is 0 Å². The van der Waals surface area contributed by atoms with Crippen molar-refractivity contribution in [3.63, 3.8) is 0 Å². The molecule has 1 amide bonds. The van der Waals surface area contributed by atoms with E-state index in [1.807, 2.05) is 51.1 Å². The number of rotatable bonds is 4. The molecule has 0 N–H and O–H groups in total. The van der Waals surface area contributed by atoms with Crippen molar-refractivity contribution in [2.24, 2.45) is 10.4 Å². The lowest BCUT2D eigenvalue weighted by Gasteiger charge is -2.43. The monoisotopic (exact) mass is 315 g/mol. The highest BCUT2D eigenvalue weighted by Gasteiger charge is 2.71. The second kappa shape index (κ2) is 5.38. The molecule has 23 heavy (non-hydrogen) atoms. The molecule has 1 heterocycles. The number of amides is 1. The quantitative estimate of drug-likeness (QED) is 0.633. The molecule has 1 aromatic rings. The van der Waals surface area contributed by atoms with Gasteiger partial charge in [-0.3, -0.25) is 4.79 Å². The van der Waals surface area contributed by atoms with Crippen molar-refractivity contribution >= 4 is 12.0 Å². The Morgan fingerprint density at radius 2 is 2.04 bits per heavy atom. The van der Waals surface area contributed by atoms with E-state index in [4.69, 9.17) is 9.47 Å². The van der Waals surface area contributed by atoms with Gasteiger partial charge in [0.05, 0.1) is 29.3 Å². The minimum Gasteiger partial charge on any atom is -0.371 e. The third-order valence-corrected chi connectivity index (χ3v) is 5.36. The molecule has 1 saturated heterocycles. The first-order valence-corrected chi connectivity index (χ1v) is 7.81. The van der Waals surface area contributed by atoms with Gasteiger partial charge in [-0.1, -0.05) is 30.3 Å². The van der Waals surface area contributed by atoms with Crippen molar-refractivity contribution in [1.82, 2.24) is 0 Å². The lowest BCUT2D eigenvalue weighted by molar-refractivity contribution is -0.202. The van der Waals surface area contributed by atoms with Crippen molar-refractivity contribution in [3.05, 3.63) is 35.9 Å². The number of benzene rings is 1. The maximum Gasteiger partial charge on any atom is 0.265 e. The van der Waals surface area contributed by atoms with Crippen LogP contribution in [0.1, 0.15) is 39.2 Å². The molecule has 0 radical (unpaired) electrons. The largest absolute Gasteiger partial charge is 0.371 e. The predicted molar refractivity (Wildman–Crippen MR) is 83.4 cm³/mol. The molecule has 2 aliphatic rings. The van der Waals surface area contributed by atoms with E-state index in [1.165, 1.54) is 6.08 Å². The lowest BCUT2D eigenvalue weighted by atomic mass is 9.72. The third kappa shape index (κ3) is 2.45. The minimum absolute atomic E-state index is 0.207. The van der Waals surface area contributed by atoms with Crippen molar-refractivity contribution in [1.29, 1.82) is 0 Å². The number of fused-ring (bicyclic) bond motifs is 2. The van der Waals surface area contributed by atoms with Gasteiger partial charge in [-0.25, -0.2) is 4.79 Å². The molecule has 5 nitrogen and oxygen atoms in total. The average molecular weight is 315 g/mol. The van der Waals surface area contributed by atoms with E-state index >= 15 is 0 Å². The molecule has 5 heteroatoms. The summed E-state index contributed by atoms with van der Waals surface area (Å²) in [6, 6.07) is 9.88. The molecule has 3 unspecified atom stereocenters. The fraction of sp³-hybridized carbons (Fsp3) is 0.556. The summed E-state index contributed by atoms with van der Waals surface area (Å²) in [5, 5.41) is 0. The summed E-state index contributed by atoms with van der Waals surface area (Å²) in [4.78, 5) is 26.4. The smallest absolute Gasteiger partial charge is 0.265 e. The number of ether oxygens (including phenoxy) is 2. The van der Waals surface area contributed by atoms with E-state index in [1.54, 1.807) is 0 Å². The summed E-state index contributed by atoms with van der Waals surface area (Å²) in [6.07, 6.45) is 2.18. The van der Waals surface area contributed by atoms with Gasteiger partial charge < -0.3 is 9.47 Å². The zero-order chi connectivity index (χ0) is 16.7. The molecule has 3 rings (SSSR count). The molecule has 2 fully saturated rings. The van der Waals surface area contributed by atoms with E-state index in [2.05, 4.69) is 4.99 Å². The Morgan fingerprint density at radius 1 is 1.35 bits per heavy atom. The number of isocyanates is 1. The van der Waals surface area contributed by atoms with Gasteiger partial charge in [-0.2, -0.15) is 0 Å². The van der Waals surface area contributed by atoms with Crippen LogP contribution < -0.4 is 0 Å². The van der Waals surface area contributed by atoms with Crippen molar-refractivity contribution in [2.75, 3.05) is 0 Å². The minimum atomic E-state index is -0.819. The first kappa shape index (κ1) is 16.1. The van der Waals surface area contributed by atoms with Gasteiger partial charge in [-0.05, 0) is 39.2 Å². The first-order valence-electron chi connectivity index (χ1n) is 7.81. The van der Waals surface area contributed by atoms with Crippen LogP contribution in [0.2, 0.25) is 0 Å². The topological polar surface area (TPSA) is 65.0 Å². The maximum absolute atomic E-state index is 12.4. The first-order chi connectivity index (χ1) is 10.8. The van der Waals surface area contributed by atoms with Crippen LogP contribution in [0.15, 0.2) is 35.3 Å². The third-order valence-electron chi connectivity index (χ3n) is 5.36. The summed E-state index contributed by atoms with van der Waals surface area (Å²) in [5.41, 5.74) is -0.969. The van der Waals surface area contributed by atoms with Crippen LogP contribution in [0.4, 0.5) is 0 Å². The number of nitrogens with zero attached hydrogens (tertiary/aromatic N) is 1. The van der Waals surface area contributed by atoms with E-state index in [0.29, 0.717) is 19.4 Å². The molecular formula is C18H21NO4. The highest BCUT2D eigenvalue weighted by molar-refractivity contribution is 5.89. The molecule has 1 aromatic carbocycles. The zero-order valence-electron chi connectivity index (χ0n) is 13.7. The second-order valence-corrected chi connectivity index (χ2v) is 7.18. The molecule has 1 aliphatic heterocycles. The molecule has 122 valence electrons. The summed E-state index contributed by atoms with van der Waals surface area (Å²) < 4.78 is 12.2. The molecule has 2 bridgehead atoms. The molecule has 3 atom stereocenters. The molecule has 1 aliphatic carbocycles. The Labute approximate surface area is 135 Å². The molecule has 1 saturated carbocycles. The highest BCUT2D eigenvalue weighted by Crippen LogP contribution is 2.62. The Hall–Kier alpha value is -1.81. The van der Waals surface area contributed by atoms with Gasteiger partial charge in [-0.15, -0.1) is 4.99 Å². The van der Waals surface area contributed by atoms with E-state index < -0.39 is 22.5 Å². The number of carbonyl (C=O) groups excluding carboxylic acids is 2. The van der Waals surface area contributed by atoms with Gasteiger partial charge in [0, 0.05) is 0 Å². The van der Waals surface area contributed by atoms with E-state index in [0.717, 1.165) is 5.56 Å². The van der Waals surface area contributed by atoms with Crippen LogP contribution in [-0.4, -0.2) is 29.3 Å². The van der Waals surface area contributed by atoms with E-state index in [-0.39, 0.29) is 6.10 Å². The summed E-state index contributed by atoms with van der Waals surface area (Å²) in [6.45, 7) is 6.19. The Morgan fingerprint density at radius 3 is 2.70 bits per heavy atom. The summed E-state index contributed by atoms with van der Waals surface area (Å²) >= 11 is 0. The van der Waals surface area contributed by atoms with Crippen LogP contribution in [0.3, 0.4) is 0 Å². The Balaban J connectivity index is 1.81. The Bertz CT molecular complexity index is 665. The van der Waals surface area contributed by atoms with Crippen molar-refractivity contribution in [2.45, 2.75) is 57.5 Å². The second-order valence-electron chi connectivity index (χ2n) is 7.18. The van der Waals surface area contributed by atoms with E-state index in [9.17, 15) is 9.59 Å². The van der Waals surface area contributed by atoms with Crippen LogP contribution in [0.5, 0.6) is 0 Å². The fourth-order valence-corrected chi connectivity index (χ4v) is 4.13. The van der Waals surface area contributed by atoms with Crippen LogP contribution in [0, 0.1) is 5.41 Å². The van der Waals surface area contributed by atoms with Gasteiger partial charge in [0.15, 0.2) is 0 Å². The number of carbonyl (C=O) groups is 1. The van der Waals surface area contributed by atoms with Crippen molar-refractivity contribution in [3.8, 4) is 0 Å².